The van der Waals surface area contributed by atoms with Crippen LogP contribution in [0.25, 0.3) is 0 Å². The third-order valence-electron chi connectivity index (χ3n) is 3.56. The molecule has 0 unspecified atom stereocenters. The summed E-state index contributed by atoms with van der Waals surface area (Å²) < 4.78 is 1.80. The van der Waals surface area contributed by atoms with E-state index in [-0.39, 0.29) is 29.9 Å². The van der Waals surface area contributed by atoms with Gasteiger partial charge in [0.15, 0.2) is 5.96 Å². The van der Waals surface area contributed by atoms with Gasteiger partial charge < -0.3 is 16.0 Å². The van der Waals surface area contributed by atoms with Crippen LogP contribution in [0, 0.1) is 0 Å². The van der Waals surface area contributed by atoms with Gasteiger partial charge >= 0.3 is 0 Å². The number of carbonyl (C=O) groups excluding carboxylic acids is 1. The number of benzene rings is 1. The van der Waals surface area contributed by atoms with Crippen molar-refractivity contribution in [2.24, 2.45) is 12.0 Å². The summed E-state index contributed by atoms with van der Waals surface area (Å²) in [7, 11) is 3.60. The summed E-state index contributed by atoms with van der Waals surface area (Å²) in [6, 6.07) is 11.8. The number of amides is 1. The molecule has 1 aromatic heterocycles. The first kappa shape index (κ1) is 20.9. The second-order valence-corrected chi connectivity index (χ2v) is 5.31. The maximum atomic E-state index is 11.9. The number of carbonyl (C=O) groups is 1. The Morgan fingerprint density at radius 1 is 1.12 bits per heavy atom. The molecule has 8 heteroatoms. The molecular formula is C17H25IN6O. The van der Waals surface area contributed by atoms with Crippen molar-refractivity contribution in [3.63, 3.8) is 0 Å². The van der Waals surface area contributed by atoms with Crippen molar-refractivity contribution in [3.8, 4) is 0 Å². The van der Waals surface area contributed by atoms with Gasteiger partial charge in [-0.2, -0.15) is 5.10 Å². The van der Waals surface area contributed by atoms with Crippen molar-refractivity contribution < 1.29 is 4.79 Å². The van der Waals surface area contributed by atoms with Crippen LogP contribution in [0.3, 0.4) is 0 Å². The fourth-order valence-corrected chi connectivity index (χ4v) is 2.15. The van der Waals surface area contributed by atoms with E-state index in [1.807, 2.05) is 43.4 Å². The molecule has 0 fully saturated rings. The number of hydrogen-bond donors (Lipinski definition) is 3. The SMILES string of the molecule is CN=C(NCCC(=O)NCc1ccccc1)NCc1ccnn1C.I. The van der Waals surface area contributed by atoms with Gasteiger partial charge in [-0.25, -0.2) is 0 Å². The molecular weight excluding hydrogens is 431 g/mol. The molecule has 0 saturated heterocycles. The average molecular weight is 456 g/mol. The van der Waals surface area contributed by atoms with Crippen molar-refractivity contribution in [3.05, 3.63) is 53.9 Å². The number of aryl methyl sites for hydroxylation is 1. The van der Waals surface area contributed by atoms with Crippen LogP contribution in [-0.2, 0) is 24.9 Å². The molecule has 3 N–H and O–H groups in total. The fourth-order valence-electron chi connectivity index (χ4n) is 2.15. The number of nitrogens with one attached hydrogen (secondary N) is 3. The molecule has 0 bridgehead atoms. The Kier molecular flexibility index (Phi) is 9.60. The van der Waals surface area contributed by atoms with E-state index >= 15 is 0 Å². The lowest BCUT2D eigenvalue weighted by atomic mass is 10.2. The van der Waals surface area contributed by atoms with E-state index in [0.717, 1.165) is 11.3 Å². The summed E-state index contributed by atoms with van der Waals surface area (Å²) in [5, 5.41) is 13.3. The fraction of sp³-hybridized carbons (Fsp3) is 0.353. The Morgan fingerprint density at radius 3 is 2.52 bits per heavy atom. The Labute approximate surface area is 165 Å². The highest BCUT2D eigenvalue weighted by atomic mass is 127. The van der Waals surface area contributed by atoms with Crippen molar-refractivity contribution in [1.82, 2.24) is 25.7 Å². The molecule has 0 saturated carbocycles. The number of halogens is 1. The maximum absolute atomic E-state index is 11.9. The first-order valence-electron chi connectivity index (χ1n) is 7.91. The van der Waals surface area contributed by atoms with Crippen LogP contribution < -0.4 is 16.0 Å². The number of nitrogens with zero attached hydrogens (tertiary/aromatic N) is 3. The van der Waals surface area contributed by atoms with Gasteiger partial charge in [-0.15, -0.1) is 24.0 Å². The van der Waals surface area contributed by atoms with Crippen LogP contribution in [-0.4, -0.2) is 35.2 Å². The number of rotatable bonds is 7. The quantitative estimate of drug-likeness (QED) is 0.334. The van der Waals surface area contributed by atoms with E-state index in [2.05, 4.69) is 26.0 Å². The van der Waals surface area contributed by atoms with Crippen molar-refractivity contribution in [1.29, 1.82) is 0 Å². The molecule has 2 rings (SSSR count). The largest absolute Gasteiger partial charge is 0.356 e. The first-order valence-corrected chi connectivity index (χ1v) is 7.91. The predicted octanol–water partition coefficient (Wildman–Crippen LogP) is 1.41. The van der Waals surface area contributed by atoms with E-state index in [9.17, 15) is 4.79 Å². The Bertz CT molecular complexity index is 671. The van der Waals surface area contributed by atoms with E-state index in [4.69, 9.17) is 0 Å². The number of guanidine groups is 1. The van der Waals surface area contributed by atoms with Gasteiger partial charge in [0.05, 0.1) is 12.2 Å². The van der Waals surface area contributed by atoms with Gasteiger partial charge in [-0.3, -0.25) is 14.5 Å². The van der Waals surface area contributed by atoms with Crippen LogP contribution >= 0.6 is 24.0 Å². The molecule has 0 aliphatic rings. The Balaban J connectivity index is 0.00000312. The minimum atomic E-state index is 0. The number of aliphatic imine (C=N–C) groups is 1. The molecule has 0 radical (unpaired) electrons. The smallest absolute Gasteiger partial charge is 0.222 e. The molecule has 25 heavy (non-hydrogen) atoms. The van der Waals surface area contributed by atoms with E-state index < -0.39 is 0 Å². The second-order valence-electron chi connectivity index (χ2n) is 5.31. The summed E-state index contributed by atoms with van der Waals surface area (Å²) in [5.41, 5.74) is 2.14. The zero-order valence-corrected chi connectivity index (χ0v) is 16.9. The van der Waals surface area contributed by atoms with E-state index in [0.29, 0.717) is 32.0 Å². The van der Waals surface area contributed by atoms with Crippen LogP contribution in [0.15, 0.2) is 47.6 Å². The molecule has 0 aliphatic carbocycles. The number of hydrogen-bond acceptors (Lipinski definition) is 3. The Hall–Kier alpha value is -2.10. The summed E-state index contributed by atoms with van der Waals surface area (Å²) in [5.74, 6) is 0.667. The minimum absolute atomic E-state index is 0. The van der Waals surface area contributed by atoms with Gasteiger partial charge in [0.1, 0.15) is 0 Å². The van der Waals surface area contributed by atoms with Crippen LogP contribution in [0.1, 0.15) is 17.7 Å². The van der Waals surface area contributed by atoms with Gasteiger partial charge in [-0.1, -0.05) is 30.3 Å². The van der Waals surface area contributed by atoms with Crippen LogP contribution in [0.5, 0.6) is 0 Å². The molecule has 2 aromatic rings. The van der Waals surface area contributed by atoms with Crippen molar-refractivity contribution in [2.75, 3.05) is 13.6 Å². The van der Waals surface area contributed by atoms with E-state index in [1.54, 1.807) is 17.9 Å². The summed E-state index contributed by atoms with van der Waals surface area (Å²) in [6.07, 6.45) is 2.14. The van der Waals surface area contributed by atoms with Gasteiger partial charge in [-0.05, 0) is 11.6 Å². The van der Waals surface area contributed by atoms with Crippen molar-refractivity contribution in [2.45, 2.75) is 19.5 Å². The van der Waals surface area contributed by atoms with Crippen LogP contribution in [0.2, 0.25) is 0 Å². The molecule has 7 nitrogen and oxygen atoms in total. The third kappa shape index (κ3) is 7.55. The predicted molar refractivity (Wildman–Crippen MR) is 110 cm³/mol. The van der Waals surface area contributed by atoms with Crippen molar-refractivity contribution >= 4 is 35.8 Å². The second kappa shape index (κ2) is 11.5. The van der Waals surface area contributed by atoms with Gasteiger partial charge in [0, 0.05) is 39.8 Å². The summed E-state index contributed by atoms with van der Waals surface area (Å²) in [6.45, 7) is 1.69. The zero-order chi connectivity index (χ0) is 17.2. The standard InChI is InChI=1S/C17H24N6O.HI/c1-18-17(21-13-15-8-11-22-23(15)2)19-10-9-16(24)20-12-14-6-4-3-5-7-14;/h3-8,11H,9-10,12-13H2,1-2H3,(H,20,24)(H2,18,19,21);1H. The Morgan fingerprint density at radius 2 is 1.88 bits per heavy atom. The highest BCUT2D eigenvalue weighted by molar-refractivity contribution is 14.0. The van der Waals surface area contributed by atoms with E-state index in [1.165, 1.54) is 0 Å². The molecule has 1 heterocycles. The van der Waals surface area contributed by atoms with Gasteiger partial charge in [0.2, 0.25) is 5.91 Å². The molecule has 1 aromatic carbocycles. The normalized spacial score (nSPS) is 10.7. The summed E-state index contributed by atoms with van der Waals surface area (Å²) in [4.78, 5) is 16.0. The highest BCUT2D eigenvalue weighted by Gasteiger charge is 2.04. The zero-order valence-electron chi connectivity index (χ0n) is 14.5. The number of aromatic nitrogens is 2. The summed E-state index contributed by atoms with van der Waals surface area (Å²) >= 11 is 0. The highest BCUT2D eigenvalue weighted by Crippen LogP contribution is 1.97. The maximum Gasteiger partial charge on any atom is 0.222 e. The molecule has 136 valence electrons. The topological polar surface area (TPSA) is 83.3 Å². The van der Waals surface area contributed by atoms with Crippen LogP contribution in [0.4, 0.5) is 0 Å². The lowest BCUT2D eigenvalue weighted by molar-refractivity contribution is -0.121. The average Bonchev–Trinajstić information content (AvgIpc) is 3.02. The molecule has 0 atom stereocenters. The minimum Gasteiger partial charge on any atom is -0.356 e. The molecule has 1 amide bonds. The molecule has 0 spiro atoms. The lowest BCUT2D eigenvalue weighted by Crippen LogP contribution is -2.39. The van der Waals surface area contributed by atoms with Gasteiger partial charge in [0.25, 0.3) is 0 Å². The first-order chi connectivity index (χ1) is 11.7. The monoisotopic (exact) mass is 456 g/mol. The molecule has 0 aliphatic heterocycles. The third-order valence-corrected chi connectivity index (χ3v) is 3.56. The lowest BCUT2D eigenvalue weighted by Gasteiger charge is -2.12.